The minimum absolute atomic E-state index is 0.169. The molecule has 0 saturated heterocycles. The number of nitrogens with one attached hydrogen (secondary N) is 1. The highest BCUT2D eigenvalue weighted by Crippen LogP contribution is 2.30. The smallest absolute Gasteiger partial charge is 0.155 e. The van der Waals surface area contributed by atoms with E-state index in [0.717, 1.165) is 45.5 Å². The van der Waals surface area contributed by atoms with Crippen molar-refractivity contribution in [3.05, 3.63) is 84.7 Å². The van der Waals surface area contributed by atoms with Crippen molar-refractivity contribution in [1.29, 1.82) is 0 Å². The van der Waals surface area contributed by atoms with Crippen molar-refractivity contribution in [2.75, 3.05) is 19.0 Å². The van der Waals surface area contributed by atoms with Crippen molar-refractivity contribution in [2.45, 2.75) is 26.6 Å². The van der Waals surface area contributed by atoms with Gasteiger partial charge < -0.3 is 9.88 Å². The van der Waals surface area contributed by atoms with Gasteiger partial charge in [0.05, 0.1) is 29.8 Å². The fourth-order valence-electron chi connectivity index (χ4n) is 4.03. The molecule has 1 unspecified atom stereocenters. The van der Waals surface area contributed by atoms with Crippen molar-refractivity contribution in [2.24, 2.45) is 0 Å². The molecule has 4 aromatic heterocycles. The normalized spacial score (nSPS) is 12.4. The second-order valence-electron chi connectivity index (χ2n) is 8.61. The van der Waals surface area contributed by atoms with Gasteiger partial charge in [0.15, 0.2) is 5.65 Å². The van der Waals surface area contributed by atoms with Crippen molar-refractivity contribution in [3.8, 4) is 22.6 Å². The molecular formula is C26H28N8. The maximum atomic E-state index is 5.07. The highest BCUT2D eigenvalue weighted by Gasteiger charge is 2.21. The van der Waals surface area contributed by atoms with Crippen LogP contribution in [0, 0.1) is 6.92 Å². The molecule has 5 rings (SSSR count). The number of aromatic nitrogens is 6. The third-order valence-corrected chi connectivity index (χ3v) is 6.05. The van der Waals surface area contributed by atoms with Gasteiger partial charge in [-0.15, -0.1) is 0 Å². The average molecular weight is 453 g/mol. The molecule has 1 aromatic carbocycles. The fraction of sp³-hybridized carbons (Fsp3) is 0.231. The summed E-state index contributed by atoms with van der Waals surface area (Å²) in [4.78, 5) is 22.2. The highest BCUT2D eigenvalue weighted by molar-refractivity contribution is 5.77. The van der Waals surface area contributed by atoms with Crippen LogP contribution in [-0.2, 0) is 6.54 Å². The van der Waals surface area contributed by atoms with Crippen LogP contribution in [0.25, 0.3) is 28.3 Å². The van der Waals surface area contributed by atoms with Crippen molar-refractivity contribution < 1.29 is 0 Å². The lowest BCUT2D eigenvalue weighted by Crippen LogP contribution is -2.42. The maximum absolute atomic E-state index is 5.07. The third kappa shape index (κ3) is 4.27. The van der Waals surface area contributed by atoms with Gasteiger partial charge in [-0.3, -0.25) is 9.88 Å². The second-order valence-corrected chi connectivity index (χ2v) is 8.61. The van der Waals surface area contributed by atoms with E-state index < -0.39 is 0 Å². The summed E-state index contributed by atoms with van der Waals surface area (Å²) in [5.41, 5.74) is 6.44. The van der Waals surface area contributed by atoms with Crippen molar-refractivity contribution in [3.63, 3.8) is 0 Å². The minimum Gasteiger partial charge on any atom is -0.349 e. The second kappa shape index (κ2) is 9.07. The Labute approximate surface area is 198 Å². The van der Waals surface area contributed by atoms with Crippen LogP contribution in [0.4, 0.5) is 5.69 Å². The van der Waals surface area contributed by atoms with E-state index >= 15 is 0 Å². The fourth-order valence-corrected chi connectivity index (χ4v) is 4.03. The van der Waals surface area contributed by atoms with Crippen LogP contribution in [0.3, 0.4) is 0 Å². The molecule has 5 aromatic rings. The Hall–Kier alpha value is -4.04. The van der Waals surface area contributed by atoms with Gasteiger partial charge in [0.1, 0.15) is 12.2 Å². The van der Waals surface area contributed by atoms with E-state index in [0.29, 0.717) is 6.54 Å². The molecule has 0 spiro atoms. The van der Waals surface area contributed by atoms with E-state index in [1.807, 2.05) is 49.5 Å². The number of imidazole rings is 1. The zero-order chi connectivity index (χ0) is 23.7. The summed E-state index contributed by atoms with van der Waals surface area (Å²) < 4.78 is 1.77. The number of H-pyrrole nitrogens is 1. The summed E-state index contributed by atoms with van der Waals surface area (Å²) in [7, 11) is 4.17. The number of nitrogens with zero attached hydrogens (tertiary/aromatic N) is 7. The molecule has 0 aliphatic heterocycles. The van der Waals surface area contributed by atoms with Gasteiger partial charge in [-0.1, -0.05) is 24.3 Å². The summed E-state index contributed by atoms with van der Waals surface area (Å²) >= 11 is 0. The van der Waals surface area contributed by atoms with Crippen LogP contribution in [0.15, 0.2) is 73.2 Å². The molecule has 0 saturated carbocycles. The number of hydrogen-bond donors (Lipinski definition) is 1. The monoisotopic (exact) mass is 452 g/mol. The van der Waals surface area contributed by atoms with Crippen LogP contribution >= 0.6 is 0 Å². The maximum Gasteiger partial charge on any atom is 0.155 e. The zero-order valence-corrected chi connectivity index (χ0v) is 19.8. The summed E-state index contributed by atoms with van der Waals surface area (Å²) in [5.74, 6) is 0.865. The number of benzene rings is 1. The van der Waals surface area contributed by atoms with Gasteiger partial charge in [0, 0.05) is 23.1 Å². The number of fused-ring (bicyclic) bond motifs is 1. The Morgan fingerprint density at radius 1 is 0.971 bits per heavy atom. The number of pyridine rings is 2. The van der Waals surface area contributed by atoms with E-state index in [1.165, 1.54) is 0 Å². The molecule has 0 radical (unpaired) electrons. The van der Waals surface area contributed by atoms with Crippen molar-refractivity contribution >= 4 is 11.3 Å². The average Bonchev–Trinajstić information content (AvgIpc) is 3.49. The zero-order valence-electron chi connectivity index (χ0n) is 19.8. The summed E-state index contributed by atoms with van der Waals surface area (Å²) in [6, 6.07) is 20.4. The quantitative estimate of drug-likeness (QED) is 0.369. The first-order valence-corrected chi connectivity index (χ1v) is 11.3. The van der Waals surface area contributed by atoms with Gasteiger partial charge in [-0.2, -0.15) is 5.10 Å². The lowest BCUT2D eigenvalue weighted by Gasteiger charge is -2.34. The Morgan fingerprint density at radius 3 is 2.56 bits per heavy atom. The molecule has 8 nitrogen and oxygen atoms in total. The molecule has 0 aliphatic rings. The van der Waals surface area contributed by atoms with E-state index in [4.69, 9.17) is 9.97 Å². The van der Waals surface area contributed by atoms with E-state index in [2.05, 4.69) is 70.2 Å². The summed E-state index contributed by atoms with van der Waals surface area (Å²) in [6.45, 7) is 4.81. The number of aromatic amines is 1. The topological polar surface area (TPSA) is 78.2 Å². The first-order valence-electron chi connectivity index (χ1n) is 11.3. The Kier molecular flexibility index (Phi) is 5.81. The number of rotatable bonds is 7. The highest BCUT2D eigenvalue weighted by atomic mass is 15.3. The van der Waals surface area contributed by atoms with Crippen LogP contribution in [0.1, 0.15) is 18.4 Å². The predicted octanol–water partition coefficient (Wildman–Crippen LogP) is 4.40. The number of anilines is 1. The Morgan fingerprint density at radius 2 is 1.79 bits per heavy atom. The molecule has 1 N–H and O–H groups in total. The number of hydrogen-bond acceptors (Lipinski definition) is 6. The van der Waals surface area contributed by atoms with Crippen molar-refractivity contribution in [1.82, 2.24) is 34.4 Å². The molecule has 4 heterocycles. The molecule has 172 valence electrons. The molecule has 8 heteroatoms. The van der Waals surface area contributed by atoms with E-state index in [9.17, 15) is 0 Å². The van der Waals surface area contributed by atoms with Gasteiger partial charge in [-0.25, -0.2) is 14.5 Å². The number of aryl methyl sites for hydroxylation is 1. The van der Waals surface area contributed by atoms with Crippen LogP contribution in [0.5, 0.6) is 0 Å². The minimum atomic E-state index is 0.169. The van der Waals surface area contributed by atoms with Gasteiger partial charge in [-0.05, 0) is 64.3 Å². The molecule has 1 atom stereocenters. The molecule has 0 bridgehead atoms. The van der Waals surface area contributed by atoms with Gasteiger partial charge >= 0.3 is 0 Å². The molecule has 0 amide bonds. The summed E-state index contributed by atoms with van der Waals surface area (Å²) in [6.07, 6.45) is 3.68. The van der Waals surface area contributed by atoms with Gasteiger partial charge in [0.2, 0.25) is 0 Å². The lowest BCUT2D eigenvalue weighted by atomic mass is 10.1. The van der Waals surface area contributed by atoms with Crippen LogP contribution in [0.2, 0.25) is 0 Å². The SMILES string of the molecule is Cc1cccc(-c2[nH]c(CN(c3ccccc3)C(C)N(C)C)nc2-c2ccc3ncnn3c2)n1. The van der Waals surface area contributed by atoms with E-state index in [1.54, 1.807) is 10.8 Å². The van der Waals surface area contributed by atoms with Crippen LogP contribution < -0.4 is 4.90 Å². The number of para-hydroxylation sites is 1. The van der Waals surface area contributed by atoms with Crippen LogP contribution in [-0.4, -0.2) is 54.7 Å². The molecule has 0 fully saturated rings. The molecule has 0 aliphatic carbocycles. The largest absolute Gasteiger partial charge is 0.349 e. The first kappa shape index (κ1) is 21.8. The molecular weight excluding hydrogens is 424 g/mol. The lowest BCUT2D eigenvalue weighted by molar-refractivity contribution is 0.299. The molecule has 34 heavy (non-hydrogen) atoms. The summed E-state index contributed by atoms with van der Waals surface area (Å²) in [5, 5.41) is 4.30. The third-order valence-electron chi connectivity index (χ3n) is 6.05. The Balaban J connectivity index is 1.61. The first-order chi connectivity index (χ1) is 16.5. The standard InChI is InChI=1S/C26H28N8/c1-18-9-8-12-22(29-18)26-25(20-13-14-24-27-17-28-34(24)15-20)30-23(31-26)16-33(19(2)32(3)4)21-10-6-5-7-11-21/h5-15,17,19H,16H2,1-4H3,(H,30,31). The van der Waals surface area contributed by atoms with E-state index in [-0.39, 0.29) is 6.17 Å². The Bertz CT molecular complexity index is 1400. The predicted molar refractivity (Wildman–Crippen MR) is 134 cm³/mol. The van der Waals surface area contributed by atoms with Gasteiger partial charge in [0.25, 0.3) is 0 Å².